The number of amides is 1. The molecule has 100 valence electrons. The molecule has 0 aromatic carbocycles. The van der Waals surface area contributed by atoms with E-state index in [4.69, 9.17) is 5.73 Å². The fourth-order valence-electron chi connectivity index (χ4n) is 1.52. The maximum absolute atomic E-state index is 12.3. The van der Waals surface area contributed by atoms with E-state index in [-0.39, 0.29) is 17.5 Å². The van der Waals surface area contributed by atoms with Gasteiger partial charge in [-0.25, -0.2) is 4.98 Å². The van der Waals surface area contributed by atoms with Gasteiger partial charge in [0.05, 0.1) is 12.1 Å². The third-order valence-corrected chi connectivity index (χ3v) is 3.61. The van der Waals surface area contributed by atoms with Gasteiger partial charge < -0.3 is 10.6 Å². The molecule has 0 atom stereocenters. The first-order valence-corrected chi connectivity index (χ1v) is 6.16. The van der Waals surface area contributed by atoms with Crippen LogP contribution in [0.1, 0.15) is 23.5 Å². The number of hydrogen-bond acceptors (Lipinski definition) is 4. The Bertz CT molecular complexity index is 467. The maximum Gasteiger partial charge on any atom is 0.434 e. The molecular weight excluding hydrogens is 267 g/mol. The molecule has 0 spiro atoms. The number of thiazole rings is 1. The molecule has 0 bridgehead atoms. The summed E-state index contributed by atoms with van der Waals surface area (Å²) in [6.45, 7) is 0.0541. The zero-order chi connectivity index (χ0) is 13.6. The van der Waals surface area contributed by atoms with Crippen LogP contribution in [0.2, 0.25) is 0 Å². The fourth-order valence-corrected chi connectivity index (χ4v) is 2.37. The topological polar surface area (TPSA) is 59.2 Å². The molecule has 1 heterocycles. The lowest BCUT2D eigenvalue weighted by Gasteiger charge is -2.19. The van der Waals surface area contributed by atoms with E-state index in [0.29, 0.717) is 12.8 Å². The van der Waals surface area contributed by atoms with Gasteiger partial charge in [-0.2, -0.15) is 13.2 Å². The van der Waals surface area contributed by atoms with E-state index in [1.165, 1.54) is 11.9 Å². The average molecular weight is 279 g/mol. The lowest BCUT2D eigenvalue weighted by molar-refractivity contribution is -0.140. The van der Waals surface area contributed by atoms with Crippen molar-refractivity contribution >= 4 is 17.2 Å². The van der Waals surface area contributed by atoms with Gasteiger partial charge in [0.1, 0.15) is 5.01 Å². The highest BCUT2D eigenvalue weighted by Crippen LogP contribution is 2.34. The van der Waals surface area contributed by atoms with Crippen LogP contribution in [0.15, 0.2) is 5.38 Å². The fraction of sp³-hybridized carbons (Fsp3) is 0.600. The first-order valence-electron chi connectivity index (χ1n) is 5.28. The van der Waals surface area contributed by atoms with Crippen LogP contribution in [0.25, 0.3) is 0 Å². The van der Waals surface area contributed by atoms with Crippen molar-refractivity contribution in [2.24, 2.45) is 5.73 Å². The largest absolute Gasteiger partial charge is 0.434 e. The van der Waals surface area contributed by atoms with Crippen molar-refractivity contribution in [3.05, 3.63) is 16.1 Å². The molecule has 0 saturated heterocycles. The minimum absolute atomic E-state index is 0.0541. The number of rotatable bonds is 3. The predicted molar refractivity (Wildman–Crippen MR) is 59.7 cm³/mol. The number of aromatic nitrogens is 1. The van der Waals surface area contributed by atoms with E-state index in [1.807, 2.05) is 0 Å². The van der Waals surface area contributed by atoms with E-state index < -0.39 is 17.4 Å². The molecule has 2 rings (SSSR count). The third-order valence-electron chi connectivity index (χ3n) is 2.78. The molecule has 0 aliphatic heterocycles. The third kappa shape index (κ3) is 2.64. The van der Waals surface area contributed by atoms with Crippen molar-refractivity contribution in [1.29, 1.82) is 0 Å². The molecule has 0 unspecified atom stereocenters. The van der Waals surface area contributed by atoms with Gasteiger partial charge in [0, 0.05) is 12.4 Å². The summed E-state index contributed by atoms with van der Waals surface area (Å²) in [7, 11) is 1.52. The van der Waals surface area contributed by atoms with Crippen LogP contribution in [-0.2, 0) is 17.5 Å². The molecule has 1 aromatic rings. The van der Waals surface area contributed by atoms with Crippen molar-refractivity contribution in [2.45, 2.75) is 31.1 Å². The second-order valence-corrected chi connectivity index (χ2v) is 5.38. The minimum Gasteiger partial charge on any atom is -0.337 e. The van der Waals surface area contributed by atoms with Gasteiger partial charge in [0.2, 0.25) is 5.91 Å². The summed E-state index contributed by atoms with van der Waals surface area (Å²) in [5.74, 6) is -0.244. The number of carbonyl (C=O) groups is 1. The van der Waals surface area contributed by atoms with Crippen LogP contribution in [0.5, 0.6) is 0 Å². The number of nitrogens with two attached hydrogens (primary N) is 1. The molecular formula is C10H12F3N3OS. The Morgan fingerprint density at radius 3 is 2.67 bits per heavy atom. The number of nitrogens with zero attached hydrogens (tertiary/aromatic N) is 2. The van der Waals surface area contributed by atoms with Crippen LogP contribution in [0.4, 0.5) is 13.2 Å². The summed E-state index contributed by atoms with van der Waals surface area (Å²) in [4.78, 5) is 16.6. The van der Waals surface area contributed by atoms with Crippen LogP contribution in [0.3, 0.4) is 0 Å². The lowest BCUT2D eigenvalue weighted by atomic mass is 10.2. The van der Waals surface area contributed by atoms with Gasteiger partial charge in [0.15, 0.2) is 5.69 Å². The number of alkyl halides is 3. The van der Waals surface area contributed by atoms with E-state index in [0.717, 1.165) is 16.7 Å². The quantitative estimate of drug-likeness (QED) is 0.914. The molecule has 1 aromatic heterocycles. The molecule has 18 heavy (non-hydrogen) atoms. The molecule has 0 radical (unpaired) electrons. The van der Waals surface area contributed by atoms with Crippen LogP contribution in [0, 0.1) is 0 Å². The Labute approximate surface area is 106 Å². The maximum atomic E-state index is 12.3. The summed E-state index contributed by atoms with van der Waals surface area (Å²) in [5, 5.41) is 1.20. The summed E-state index contributed by atoms with van der Waals surface area (Å²) in [5.41, 5.74) is 4.01. The van der Waals surface area contributed by atoms with E-state index in [9.17, 15) is 18.0 Å². The summed E-state index contributed by atoms with van der Waals surface area (Å²) in [6.07, 6.45) is -3.19. The van der Waals surface area contributed by atoms with Crippen molar-refractivity contribution in [3.8, 4) is 0 Å². The zero-order valence-electron chi connectivity index (χ0n) is 9.62. The summed E-state index contributed by atoms with van der Waals surface area (Å²) >= 11 is 0.887. The second-order valence-electron chi connectivity index (χ2n) is 4.44. The molecule has 4 nitrogen and oxygen atoms in total. The van der Waals surface area contributed by atoms with Crippen LogP contribution >= 0.6 is 11.3 Å². The lowest BCUT2D eigenvalue weighted by Crippen LogP contribution is -2.43. The number of carbonyl (C=O) groups excluding carboxylic acids is 1. The molecule has 1 aliphatic rings. The van der Waals surface area contributed by atoms with Crippen molar-refractivity contribution < 1.29 is 18.0 Å². The van der Waals surface area contributed by atoms with Gasteiger partial charge in [-0.3, -0.25) is 4.79 Å². The van der Waals surface area contributed by atoms with E-state index >= 15 is 0 Å². The highest BCUT2D eigenvalue weighted by molar-refractivity contribution is 7.09. The monoisotopic (exact) mass is 279 g/mol. The number of likely N-dealkylation sites (N-methyl/N-ethyl adjacent to an activating group) is 1. The molecule has 1 saturated carbocycles. The molecule has 1 aliphatic carbocycles. The molecule has 2 N–H and O–H groups in total. The molecule has 1 amide bonds. The Kier molecular flexibility index (Phi) is 3.10. The van der Waals surface area contributed by atoms with Gasteiger partial charge in [-0.1, -0.05) is 0 Å². The molecule has 8 heteroatoms. The number of halogens is 3. The summed E-state index contributed by atoms with van der Waals surface area (Å²) < 4.78 is 37.0. The minimum atomic E-state index is -4.44. The van der Waals surface area contributed by atoms with Crippen molar-refractivity contribution in [1.82, 2.24) is 9.88 Å². The Morgan fingerprint density at radius 2 is 2.22 bits per heavy atom. The molecule has 1 fully saturated rings. The average Bonchev–Trinajstić information content (AvgIpc) is 2.83. The highest BCUT2D eigenvalue weighted by atomic mass is 32.1. The van der Waals surface area contributed by atoms with Gasteiger partial charge >= 0.3 is 6.18 Å². The van der Waals surface area contributed by atoms with E-state index in [2.05, 4.69) is 4.98 Å². The Balaban J connectivity index is 2.01. The van der Waals surface area contributed by atoms with Crippen molar-refractivity contribution in [2.75, 3.05) is 7.05 Å². The van der Waals surface area contributed by atoms with E-state index in [1.54, 1.807) is 0 Å². The first-order chi connectivity index (χ1) is 8.22. The van der Waals surface area contributed by atoms with Crippen LogP contribution in [-0.4, -0.2) is 28.4 Å². The standard InChI is InChI=1S/C10H12F3N3OS/c1-16(8(17)9(14)2-3-9)4-7-15-6(5-18-7)10(11,12)13/h5H,2-4,14H2,1H3. The highest BCUT2D eigenvalue weighted by Gasteiger charge is 2.47. The van der Waals surface area contributed by atoms with Crippen molar-refractivity contribution in [3.63, 3.8) is 0 Å². The van der Waals surface area contributed by atoms with Crippen LogP contribution < -0.4 is 5.73 Å². The second kappa shape index (κ2) is 4.20. The summed E-state index contributed by atoms with van der Waals surface area (Å²) in [6, 6.07) is 0. The predicted octanol–water partition coefficient (Wildman–Crippen LogP) is 1.61. The normalized spacial score (nSPS) is 17.6. The van der Waals surface area contributed by atoms with Gasteiger partial charge in [-0.15, -0.1) is 11.3 Å². The van der Waals surface area contributed by atoms with Gasteiger partial charge in [-0.05, 0) is 12.8 Å². The zero-order valence-corrected chi connectivity index (χ0v) is 10.4. The smallest absolute Gasteiger partial charge is 0.337 e. The Morgan fingerprint density at radius 1 is 1.61 bits per heavy atom. The first kappa shape index (κ1) is 13.3. The van der Waals surface area contributed by atoms with Gasteiger partial charge in [0.25, 0.3) is 0 Å². The Hall–Kier alpha value is -1.15. The number of hydrogen-bond donors (Lipinski definition) is 1. The SMILES string of the molecule is CN(Cc1nc(C(F)(F)F)cs1)C(=O)C1(N)CC1.